The number of nitrogens with one attached hydrogen (secondary N) is 2. The van der Waals surface area contributed by atoms with Gasteiger partial charge in [0.25, 0.3) is 0 Å². The predicted octanol–water partition coefficient (Wildman–Crippen LogP) is 3.06. The fourth-order valence-electron chi connectivity index (χ4n) is 2.08. The summed E-state index contributed by atoms with van der Waals surface area (Å²) in [5, 5.41) is 3.44. The first-order chi connectivity index (χ1) is 8.83. The average Bonchev–Trinajstić information content (AvgIpc) is 2.80. The average molecular weight is 245 g/mol. The Balaban J connectivity index is 1.93. The lowest BCUT2D eigenvalue weighted by Gasteiger charge is -2.00. The van der Waals surface area contributed by atoms with Crippen LogP contribution in [0.2, 0.25) is 0 Å². The molecule has 0 aliphatic rings. The van der Waals surface area contributed by atoms with Crippen LogP contribution in [0.5, 0.6) is 0 Å². The molecule has 1 aromatic carbocycles. The summed E-state index contributed by atoms with van der Waals surface area (Å²) >= 11 is 0. The molecule has 0 aliphatic carbocycles. The zero-order chi connectivity index (χ0) is 12.8. The van der Waals surface area contributed by atoms with E-state index in [4.69, 9.17) is 0 Å². The van der Waals surface area contributed by atoms with E-state index in [2.05, 4.69) is 47.3 Å². The van der Waals surface area contributed by atoms with Crippen LogP contribution in [0, 0.1) is 0 Å². The van der Waals surface area contributed by atoms with E-state index in [0.29, 0.717) is 0 Å². The van der Waals surface area contributed by atoms with Crippen LogP contribution in [-0.2, 0) is 12.8 Å². The number of aromatic amines is 1. The fourth-order valence-corrected chi connectivity index (χ4v) is 2.08. The molecule has 3 heteroatoms. The van der Waals surface area contributed by atoms with Gasteiger partial charge < -0.3 is 10.3 Å². The van der Waals surface area contributed by atoms with E-state index in [-0.39, 0.29) is 0 Å². The first-order valence-corrected chi connectivity index (χ1v) is 7.01. The molecule has 0 saturated heterocycles. The lowest BCUT2D eigenvalue weighted by molar-refractivity contribution is 0.633. The molecule has 2 N–H and O–H groups in total. The first kappa shape index (κ1) is 13.1. The number of nitrogens with zero attached hydrogens (tertiary/aromatic N) is 1. The Morgan fingerprint density at radius 1 is 1.22 bits per heavy atom. The van der Waals surface area contributed by atoms with Crippen molar-refractivity contribution in [1.82, 2.24) is 15.3 Å². The molecule has 2 rings (SSSR count). The summed E-state index contributed by atoms with van der Waals surface area (Å²) in [4.78, 5) is 8.02. The zero-order valence-electron chi connectivity index (χ0n) is 11.4. The molecule has 0 bridgehead atoms. The molecule has 0 saturated carbocycles. The molecule has 2 aromatic rings. The molecule has 0 spiro atoms. The molecule has 3 nitrogen and oxygen atoms in total. The van der Waals surface area contributed by atoms with Gasteiger partial charge in [0.15, 0.2) is 0 Å². The van der Waals surface area contributed by atoms with E-state index in [0.717, 1.165) is 42.8 Å². The van der Waals surface area contributed by atoms with Gasteiger partial charge in [-0.25, -0.2) is 4.98 Å². The Labute approximate surface area is 109 Å². The van der Waals surface area contributed by atoms with E-state index >= 15 is 0 Å². The fraction of sp³-hybridized carbons (Fsp3) is 0.533. The van der Waals surface area contributed by atoms with Crippen LogP contribution in [0.3, 0.4) is 0 Å². The number of hydrogen-bond donors (Lipinski definition) is 2. The van der Waals surface area contributed by atoms with E-state index < -0.39 is 0 Å². The summed E-state index contributed by atoms with van der Waals surface area (Å²) in [7, 11) is 0. The number of H-pyrrole nitrogens is 1. The van der Waals surface area contributed by atoms with Crippen molar-refractivity contribution in [2.75, 3.05) is 13.1 Å². The van der Waals surface area contributed by atoms with Crippen LogP contribution >= 0.6 is 0 Å². The van der Waals surface area contributed by atoms with Crippen molar-refractivity contribution in [2.45, 2.75) is 39.5 Å². The second kappa shape index (κ2) is 6.55. The Hall–Kier alpha value is -1.35. The maximum atomic E-state index is 4.61. The van der Waals surface area contributed by atoms with Crippen molar-refractivity contribution in [3.05, 3.63) is 29.6 Å². The molecule has 0 radical (unpaired) electrons. The van der Waals surface area contributed by atoms with Gasteiger partial charge in [0.2, 0.25) is 0 Å². The van der Waals surface area contributed by atoms with Crippen molar-refractivity contribution < 1.29 is 0 Å². The third-order valence-corrected chi connectivity index (χ3v) is 3.25. The molecule has 0 amide bonds. The third kappa shape index (κ3) is 3.33. The number of imidazole rings is 1. The minimum Gasteiger partial charge on any atom is -0.342 e. The number of aromatic nitrogens is 2. The third-order valence-electron chi connectivity index (χ3n) is 3.25. The number of benzene rings is 1. The van der Waals surface area contributed by atoms with Crippen molar-refractivity contribution in [3.8, 4) is 0 Å². The van der Waals surface area contributed by atoms with Gasteiger partial charge in [0.05, 0.1) is 11.0 Å². The van der Waals surface area contributed by atoms with Crippen LogP contribution < -0.4 is 5.32 Å². The quantitative estimate of drug-likeness (QED) is 0.736. The normalized spacial score (nSPS) is 11.2. The molecule has 1 heterocycles. The number of hydrogen-bond acceptors (Lipinski definition) is 2. The molecule has 0 aliphatic heterocycles. The molecule has 18 heavy (non-hydrogen) atoms. The zero-order valence-corrected chi connectivity index (χ0v) is 11.4. The van der Waals surface area contributed by atoms with Gasteiger partial charge in [-0.15, -0.1) is 0 Å². The van der Waals surface area contributed by atoms with Crippen LogP contribution in [0.25, 0.3) is 11.0 Å². The van der Waals surface area contributed by atoms with E-state index in [1.54, 1.807) is 0 Å². The molecule has 98 valence electrons. The summed E-state index contributed by atoms with van der Waals surface area (Å²) in [5.74, 6) is 1.09. The van der Waals surface area contributed by atoms with Crippen molar-refractivity contribution in [3.63, 3.8) is 0 Å². The van der Waals surface area contributed by atoms with Gasteiger partial charge >= 0.3 is 0 Å². The Bertz CT molecular complexity index is 487. The molecule has 0 atom stereocenters. The topological polar surface area (TPSA) is 40.7 Å². The first-order valence-electron chi connectivity index (χ1n) is 7.01. The summed E-state index contributed by atoms with van der Waals surface area (Å²) < 4.78 is 0. The summed E-state index contributed by atoms with van der Waals surface area (Å²) in [6, 6.07) is 6.47. The predicted molar refractivity (Wildman–Crippen MR) is 77.0 cm³/mol. The molecule has 1 aromatic heterocycles. The van der Waals surface area contributed by atoms with Gasteiger partial charge in [-0.3, -0.25) is 0 Å². The molecule has 0 unspecified atom stereocenters. The van der Waals surface area contributed by atoms with E-state index in [1.807, 2.05) is 0 Å². The van der Waals surface area contributed by atoms with Crippen molar-refractivity contribution >= 4 is 11.0 Å². The lowest BCUT2D eigenvalue weighted by Crippen LogP contribution is -2.18. The van der Waals surface area contributed by atoms with Gasteiger partial charge in [-0.1, -0.05) is 26.3 Å². The minimum absolute atomic E-state index is 0.972. The number of unbranched alkanes of at least 4 members (excludes halogenated alkanes) is 1. The van der Waals surface area contributed by atoms with Crippen molar-refractivity contribution in [2.24, 2.45) is 0 Å². The highest BCUT2D eigenvalue weighted by atomic mass is 14.9. The summed E-state index contributed by atoms with van der Waals surface area (Å²) in [5.41, 5.74) is 3.60. The highest BCUT2D eigenvalue weighted by molar-refractivity contribution is 5.75. The summed E-state index contributed by atoms with van der Waals surface area (Å²) in [6.45, 7) is 6.50. The second-order valence-corrected chi connectivity index (χ2v) is 4.74. The smallest absolute Gasteiger partial charge is 0.108 e. The Morgan fingerprint density at radius 2 is 2.11 bits per heavy atom. The highest BCUT2D eigenvalue weighted by Crippen LogP contribution is 2.14. The van der Waals surface area contributed by atoms with Crippen molar-refractivity contribution in [1.29, 1.82) is 0 Å². The maximum absolute atomic E-state index is 4.61. The van der Waals surface area contributed by atoms with Crippen LogP contribution in [0.4, 0.5) is 0 Å². The van der Waals surface area contributed by atoms with E-state index in [9.17, 15) is 0 Å². The van der Waals surface area contributed by atoms with Gasteiger partial charge in [-0.2, -0.15) is 0 Å². The van der Waals surface area contributed by atoms with Crippen LogP contribution in [-0.4, -0.2) is 23.1 Å². The van der Waals surface area contributed by atoms with Gasteiger partial charge in [0.1, 0.15) is 5.82 Å². The number of rotatable bonds is 7. The minimum atomic E-state index is 0.972. The standard InChI is InChI=1S/C15H23N3/c1-3-5-9-16-10-8-15-17-13-7-6-12(4-2)11-14(13)18-15/h6-7,11,16H,3-5,8-10H2,1-2H3,(H,17,18). The molecular weight excluding hydrogens is 222 g/mol. The maximum Gasteiger partial charge on any atom is 0.108 e. The molecule has 0 fully saturated rings. The Kier molecular flexibility index (Phi) is 4.76. The summed E-state index contributed by atoms with van der Waals surface area (Å²) in [6.07, 6.45) is 4.54. The lowest BCUT2D eigenvalue weighted by atomic mass is 10.1. The number of fused-ring (bicyclic) bond motifs is 1. The SMILES string of the molecule is CCCCNCCc1nc2ccc(CC)cc2[nH]1. The van der Waals surface area contributed by atoms with Crippen LogP contribution in [0.1, 0.15) is 38.1 Å². The van der Waals surface area contributed by atoms with Gasteiger partial charge in [0, 0.05) is 13.0 Å². The van der Waals surface area contributed by atoms with Crippen LogP contribution in [0.15, 0.2) is 18.2 Å². The Morgan fingerprint density at radius 3 is 2.89 bits per heavy atom. The monoisotopic (exact) mass is 245 g/mol. The van der Waals surface area contributed by atoms with E-state index in [1.165, 1.54) is 18.4 Å². The largest absolute Gasteiger partial charge is 0.342 e. The highest BCUT2D eigenvalue weighted by Gasteiger charge is 2.02. The second-order valence-electron chi connectivity index (χ2n) is 4.74. The molecular formula is C15H23N3. The van der Waals surface area contributed by atoms with Gasteiger partial charge in [-0.05, 0) is 37.1 Å². The number of aryl methyl sites for hydroxylation is 1.